The van der Waals surface area contributed by atoms with Crippen LogP contribution >= 0.6 is 0 Å². The lowest BCUT2D eigenvalue weighted by molar-refractivity contribution is -0.155. The van der Waals surface area contributed by atoms with E-state index in [0.717, 1.165) is 0 Å². The van der Waals surface area contributed by atoms with E-state index in [1.165, 1.54) is 0 Å². The van der Waals surface area contributed by atoms with Gasteiger partial charge in [-0.2, -0.15) is 0 Å². The van der Waals surface area contributed by atoms with Gasteiger partial charge in [0, 0.05) is 6.54 Å². The molecule has 88 valence electrons. The third kappa shape index (κ3) is 9.21. The molecule has 5 nitrogen and oxygen atoms in total. The van der Waals surface area contributed by atoms with Crippen LogP contribution < -0.4 is 5.73 Å². The largest absolute Gasteiger partial charge is 0.460 e. The summed E-state index contributed by atoms with van der Waals surface area (Å²) in [6, 6.07) is 0. The summed E-state index contributed by atoms with van der Waals surface area (Å²) in [6.45, 7) is 6.08. The van der Waals surface area contributed by atoms with E-state index in [2.05, 4.69) is 0 Å². The zero-order valence-electron chi connectivity index (χ0n) is 9.87. The van der Waals surface area contributed by atoms with Gasteiger partial charge >= 0.3 is 5.97 Å². The molecule has 0 bridgehead atoms. The molecule has 0 aliphatic rings. The van der Waals surface area contributed by atoms with E-state index in [4.69, 9.17) is 10.5 Å². The molecule has 0 aromatic carbocycles. The summed E-state index contributed by atoms with van der Waals surface area (Å²) < 4.78 is 5.11. The van der Waals surface area contributed by atoms with Crippen molar-refractivity contribution in [2.75, 3.05) is 20.1 Å². The summed E-state index contributed by atoms with van der Waals surface area (Å²) in [5, 5.41) is 0. The van der Waals surface area contributed by atoms with Gasteiger partial charge < -0.3 is 10.5 Å². The van der Waals surface area contributed by atoms with Crippen molar-refractivity contribution in [3.8, 4) is 0 Å². The van der Waals surface area contributed by atoms with Crippen molar-refractivity contribution < 1.29 is 14.3 Å². The Balaban J connectivity index is 3.76. The quantitative estimate of drug-likeness (QED) is 0.663. The molecule has 0 unspecified atom stereocenters. The van der Waals surface area contributed by atoms with Crippen LogP contribution in [0.3, 0.4) is 0 Å². The van der Waals surface area contributed by atoms with Gasteiger partial charge in [0.2, 0.25) is 5.91 Å². The normalized spacial score (nSPS) is 11.5. The second kappa shape index (κ2) is 5.70. The first kappa shape index (κ1) is 13.9. The zero-order valence-corrected chi connectivity index (χ0v) is 9.87. The van der Waals surface area contributed by atoms with E-state index in [-0.39, 0.29) is 18.9 Å². The minimum absolute atomic E-state index is 0.156. The number of ether oxygens (including phenoxy) is 1. The standard InChI is InChI=1S/C10H20N2O3/c1-10(2,3)15-9(14)5-6-12(4)7-8(11)13/h5-7H2,1-4H3,(H2,11,13). The maximum atomic E-state index is 11.3. The monoisotopic (exact) mass is 216 g/mol. The van der Waals surface area contributed by atoms with Crippen molar-refractivity contribution in [3.63, 3.8) is 0 Å². The zero-order chi connectivity index (χ0) is 12.1. The van der Waals surface area contributed by atoms with E-state index >= 15 is 0 Å². The Morgan fingerprint density at radius 1 is 1.33 bits per heavy atom. The highest BCUT2D eigenvalue weighted by Crippen LogP contribution is 2.08. The van der Waals surface area contributed by atoms with Gasteiger partial charge in [-0.3, -0.25) is 14.5 Å². The summed E-state index contributed by atoms with van der Waals surface area (Å²) in [5.41, 5.74) is 4.55. The van der Waals surface area contributed by atoms with Crippen LogP contribution in [-0.4, -0.2) is 42.5 Å². The van der Waals surface area contributed by atoms with Crippen molar-refractivity contribution in [2.45, 2.75) is 32.8 Å². The lowest BCUT2D eigenvalue weighted by Crippen LogP contribution is -2.33. The van der Waals surface area contributed by atoms with Gasteiger partial charge in [0.05, 0.1) is 13.0 Å². The molecule has 0 heterocycles. The third-order valence-corrected chi connectivity index (χ3v) is 1.54. The molecule has 0 aliphatic heterocycles. The second-order valence-electron chi connectivity index (χ2n) is 4.54. The topological polar surface area (TPSA) is 72.6 Å². The fraction of sp³-hybridized carbons (Fsp3) is 0.800. The first-order valence-corrected chi connectivity index (χ1v) is 4.89. The number of amides is 1. The molecule has 0 fully saturated rings. The number of esters is 1. The van der Waals surface area contributed by atoms with E-state index in [1.54, 1.807) is 11.9 Å². The molecule has 5 heteroatoms. The van der Waals surface area contributed by atoms with E-state index < -0.39 is 11.5 Å². The average Bonchev–Trinajstić information content (AvgIpc) is 1.96. The first-order chi connectivity index (χ1) is 6.70. The Morgan fingerprint density at radius 3 is 2.27 bits per heavy atom. The van der Waals surface area contributed by atoms with Crippen molar-refractivity contribution in [3.05, 3.63) is 0 Å². The third-order valence-electron chi connectivity index (χ3n) is 1.54. The molecule has 0 atom stereocenters. The van der Waals surface area contributed by atoms with Crippen LogP contribution in [0.1, 0.15) is 27.2 Å². The minimum atomic E-state index is -0.459. The number of rotatable bonds is 5. The smallest absolute Gasteiger partial charge is 0.307 e. The van der Waals surface area contributed by atoms with Gasteiger partial charge in [0.15, 0.2) is 0 Å². The lowest BCUT2D eigenvalue weighted by Gasteiger charge is -2.20. The summed E-state index contributed by atoms with van der Waals surface area (Å²) in [5.74, 6) is -0.666. The van der Waals surface area contributed by atoms with Crippen molar-refractivity contribution in [1.82, 2.24) is 4.90 Å². The summed E-state index contributed by atoms with van der Waals surface area (Å²) in [7, 11) is 1.73. The molecular formula is C10H20N2O3. The molecule has 0 saturated heterocycles. The van der Waals surface area contributed by atoms with Gasteiger partial charge in [-0.1, -0.05) is 0 Å². The molecule has 15 heavy (non-hydrogen) atoms. The van der Waals surface area contributed by atoms with Gasteiger partial charge in [-0.25, -0.2) is 0 Å². The Bertz CT molecular complexity index is 233. The first-order valence-electron chi connectivity index (χ1n) is 4.89. The van der Waals surface area contributed by atoms with Crippen LogP contribution in [0.25, 0.3) is 0 Å². The van der Waals surface area contributed by atoms with Crippen LogP contribution in [0.5, 0.6) is 0 Å². The summed E-state index contributed by atoms with van der Waals surface area (Å²) >= 11 is 0. The molecule has 0 spiro atoms. The van der Waals surface area contributed by atoms with Crippen LogP contribution in [-0.2, 0) is 14.3 Å². The van der Waals surface area contributed by atoms with E-state index in [1.807, 2.05) is 20.8 Å². The number of likely N-dealkylation sites (N-methyl/N-ethyl adjacent to an activating group) is 1. The number of primary amides is 1. The molecule has 0 aromatic heterocycles. The van der Waals surface area contributed by atoms with Crippen LogP contribution in [0, 0.1) is 0 Å². The van der Waals surface area contributed by atoms with Gasteiger partial charge in [0.25, 0.3) is 0 Å². The Hall–Kier alpha value is -1.10. The van der Waals surface area contributed by atoms with E-state index in [9.17, 15) is 9.59 Å². The number of hydrogen-bond donors (Lipinski definition) is 1. The molecule has 1 amide bonds. The van der Waals surface area contributed by atoms with Crippen LogP contribution in [0.15, 0.2) is 0 Å². The number of carbonyl (C=O) groups is 2. The fourth-order valence-electron chi connectivity index (χ4n) is 1.02. The van der Waals surface area contributed by atoms with Crippen LogP contribution in [0.4, 0.5) is 0 Å². The van der Waals surface area contributed by atoms with Crippen molar-refractivity contribution >= 4 is 11.9 Å². The van der Waals surface area contributed by atoms with Gasteiger partial charge in [-0.05, 0) is 27.8 Å². The molecule has 0 rings (SSSR count). The van der Waals surface area contributed by atoms with Crippen molar-refractivity contribution in [2.24, 2.45) is 5.73 Å². The molecular weight excluding hydrogens is 196 g/mol. The van der Waals surface area contributed by atoms with Gasteiger partial charge in [-0.15, -0.1) is 0 Å². The minimum Gasteiger partial charge on any atom is -0.460 e. The second-order valence-corrected chi connectivity index (χ2v) is 4.54. The predicted molar refractivity (Wildman–Crippen MR) is 57.2 cm³/mol. The molecule has 0 aliphatic carbocycles. The highest BCUT2D eigenvalue weighted by Gasteiger charge is 2.16. The highest BCUT2D eigenvalue weighted by molar-refractivity contribution is 5.76. The Labute approximate surface area is 90.6 Å². The molecule has 0 aromatic rings. The number of nitrogens with zero attached hydrogens (tertiary/aromatic N) is 1. The maximum Gasteiger partial charge on any atom is 0.307 e. The predicted octanol–water partition coefficient (Wildman–Crippen LogP) is 0.135. The van der Waals surface area contributed by atoms with E-state index in [0.29, 0.717) is 6.54 Å². The SMILES string of the molecule is CN(CCC(=O)OC(C)(C)C)CC(N)=O. The van der Waals surface area contributed by atoms with Crippen molar-refractivity contribution in [1.29, 1.82) is 0 Å². The number of hydrogen-bond acceptors (Lipinski definition) is 4. The maximum absolute atomic E-state index is 11.3. The summed E-state index contributed by atoms with van der Waals surface area (Å²) in [6.07, 6.45) is 0.265. The molecule has 2 N–H and O–H groups in total. The summed E-state index contributed by atoms with van der Waals surface area (Å²) in [4.78, 5) is 23.5. The van der Waals surface area contributed by atoms with Crippen LogP contribution in [0.2, 0.25) is 0 Å². The number of nitrogens with two attached hydrogens (primary N) is 1. The fourth-order valence-corrected chi connectivity index (χ4v) is 1.02. The van der Waals surface area contributed by atoms with Gasteiger partial charge in [0.1, 0.15) is 5.60 Å². The Morgan fingerprint density at radius 2 is 1.87 bits per heavy atom. The highest BCUT2D eigenvalue weighted by atomic mass is 16.6. The Kier molecular flexibility index (Phi) is 5.28. The lowest BCUT2D eigenvalue weighted by atomic mass is 10.2. The number of carbonyl (C=O) groups excluding carboxylic acids is 2. The molecule has 0 saturated carbocycles. The molecule has 0 radical (unpaired) electrons. The average molecular weight is 216 g/mol.